The van der Waals surface area contributed by atoms with Gasteiger partial charge in [-0.2, -0.15) is 0 Å². The number of rotatable bonds is 5. The number of ether oxygens (including phenoxy) is 1. The van der Waals surface area contributed by atoms with E-state index in [-0.39, 0.29) is 12.2 Å². The molecule has 0 spiro atoms. The molecule has 0 bridgehead atoms. The number of Topliss-reactive ketones (excluding diaryl/α,β-unsaturated/α-hetero) is 1. The summed E-state index contributed by atoms with van der Waals surface area (Å²) in [6.45, 7) is 2.04. The highest BCUT2D eigenvalue weighted by atomic mass is 35.5. The first-order valence-electron chi connectivity index (χ1n) is 5.37. The fraction of sp³-hybridized carbons (Fsp3) is 0.364. The van der Waals surface area contributed by atoms with E-state index < -0.39 is 17.4 Å². The monoisotopic (exact) mass is 341 g/mol. The number of carboxylic acids is 1. The molecular formula is C11H13Cl2NO5S. The zero-order valence-electron chi connectivity index (χ0n) is 10.5. The number of thiophene rings is 1. The van der Waals surface area contributed by atoms with Crippen molar-refractivity contribution >= 4 is 51.7 Å². The second kappa shape index (κ2) is 9.71. The van der Waals surface area contributed by atoms with E-state index >= 15 is 0 Å². The zero-order valence-corrected chi connectivity index (χ0v) is 12.8. The molecule has 1 atom stereocenters. The van der Waals surface area contributed by atoms with Crippen LogP contribution in [0.15, 0.2) is 12.1 Å². The second-order valence-electron chi connectivity index (χ2n) is 3.34. The van der Waals surface area contributed by atoms with Crippen molar-refractivity contribution in [1.82, 2.24) is 0 Å². The highest BCUT2D eigenvalue weighted by molar-refractivity contribution is 7.18. The van der Waals surface area contributed by atoms with Crippen LogP contribution in [0.25, 0.3) is 0 Å². The van der Waals surface area contributed by atoms with Gasteiger partial charge in [0, 0.05) is 11.6 Å². The Labute approximate surface area is 129 Å². The molecule has 0 saturated heterocycles. The van der Waals surface area contributed by atoms with Crippen LogP contribution >= 0.6 is 34.5 Å². The van der Waals surface area contributed by atoms with Crippen molar-refractivity contribution in [3.63, 3.8) is 0 Å². The maximum atomic E-state index is 11.5. The standard InChI is InChI=1S/C8H8ClNO3S.C3H5ClO2/c9-6-2-1-5(14-6)8(13)4(10)3-7(11)12;1-2-6-3(4)5/h1-2,4H,3,10H2,(H,11,12);2H2,1H3. The molecule has 112 valence electrons. The lowest BCUT2D eigenvalue weighted by molar-refractivity contribution is -0.137. The van der Waals surface area contributed by atoms with E-state index in [1.165, 1.54) is 6.07 Å². The average Bonchev–Trinajstić information content (AvgIpc) is 2.74. The summed E-state index contributed by atoms with van der Waals surface area (Å²) in [7, 11) is 0. The van der Waals surface area contributed by atoms with Crippen LogP contribution in [-0.4, -0.2) is 34.9 Å². The van der Waals surface area contributed by atoms with Crippen LogP contribution in [0, 0.1) is 0 Å². The van der Waals surface area contributed by atoms with Crippen LogP contribution in [0.2, 0.25) is 4.34 Å². The van der Waals surface area contributed by atoms with Crippen molar-refractivity contribution in [2.75, 3.05) is 6.61 Å². The Balaban J connectivity index is 0.000000511. The number of nitrogens with two attached hydrogens (primary N) is 1. The number of carbonyl (C=O) groups is 3. The molecule has 3 N–H and O–H groups in total. The van der Waals surface area contributed by atoms with E-state index in [2.05, 4.69) is 4.74 Å². The van der Waals surface area contributed by atoms with E-state index in [0.717, 1.165) is 11.3 Å². The fourth-order valence-corrected chi connectivity index (χ4v) is 2.18. The summed E-state index contributed by atoms with van der Waals surface area (Å²) in [5.41, 5.74) is 4.65. The van der Waals surface area contributed by atoms with E-state index in [1.807, 2.05) is 0 Å². The van der Waals surface area contributed by atoms with Gasteiger partial charge in [-0.05, 0) is 19.1 Å². The van der Waals surface area contributed by atoms with Crippen LogP contribution in [0.1, 0.15) is 23.0 Å². The fourth-order valence-electron chi connectivity index (χ4n) is 1.02. The van der Waals surface area contributed by atoms with Gasteiger partial charge in [-0.15, -0.1) is 11.3 Å². The van der Waals surface area contributed by atoms with Crippen molar-refractivity contribution in [3.05, 3.63) is 21.3 Å². The number of hydrogen-bond donors (Lipinski definition) is 2. The molecule has 0 aliphatic carbocycles. The molecule has 0 aliphatic rings. The van der Waals surface area contributed by atoms with Crippen LogP contribution in [0.3, 0.4) is 0 Å². The van der Waals surface area contributed by atoms with Crippen LogP contribution < -0.4 is 5.73 Å². The lowest BCUT2D eigenvalue weighted by atomic mass is 10.1. The van der Waals surface area contributed by atoms with Gasteiger partial charge in [0.15, 0.2) is 5.78 Å². The summed E-state index contributed by atoms with van der Waals surface area (Å²) < 4.78 is 4.65. The number of aliphatic carboxylic acids is 1. The number of halogens is 2. The van der Waals surface area contributed by atoms with Crippen molar-refractivity contribution in [2.45, 2.75) is 19.4 Å². The molecule has 1 heterocycles. The Morgan fingerprint density at radius 2 is 2.05 bits per heavy atom. The quantitative estimate of drug-likeness (QED) is 0.629. The molecule has 1 aromatic heterocycles. The summed E-state index contributed by atoms with van der Waals surface area (Å²) >= 11 is 11.4. The molecule has 1 rings (SSSR count). The van der Waals surface area contributed by atoms with Gasteiger partial charge in [0.05, 0.1) is 28.3 Å². The van der Waals surface area contributed by atoms with E-state index in [1.54, 1.807) is 13.0 Å². The number of carboxylic acid groups (broad SMARTS) is 1. The van der Waals surface area contributed by atoms with Crippen molar-refractivity contribution in [3.8, 4) is 0 Å². The molecule has 9 heteroatoms. The lowest BCUT2D eigenvalue weighted by Gasteiger charge is -2.04. The van der Waals surface area contributed by atoms with Crippen molar-refractivity contribution in [1.29, 1.82) is 0 Å². The van der Waals surface area contributed by atoms with E-state index in [0.29, 0.717) is 15.8 Å². The summed E-state index contributed by atoms with van der Waals surface area (Å²) in [6, 6.07) is 2.12. The predicted octanol–water partition coefficient (Wildman–Crippen LogP) is 2.77. The Hall–Kier alpha value is -1.15. The third-order valence-electron chi connectivity index (χ3n) is 1.81. The first-order valence-corrected chi connectivity index (χ1v) is 6.94. The van der Waals surface area contributed by atoms with Gasteiger partial charge in [-0.1, -0.05) is 11.6 Å². The molecule has 0 aliphatic heterocycles. The molecule has 0 fully saturated rings. The maximum absolute atomic E-state index is 11.5. The minimum Gasteiger partial charge on any atom is -0.481 e. The summed E-state index contributed by atoms with van der Waals surface area (Å²) in [5, 5.41) is 8.43. The van der Waals surface area contributed by atoms with Gasteiger partial charge < -0.3 is 15.6 Å². The van der Waals surface area contributed by atoms with Gasteiger partial charge in [0.25, 0.3) is 0 Å². The Morgan fingerprint density at radius 1 is 1.45 bits per heavy atom. The van der Waals surface area contributed by atoms with Crippen LogP contribution in [0.5, 0.6) is 0 Å². The smallest absolute Gasteiger partial charge is 0.403 e. The topological polar surface area (TPSA) is 107 Å². The maximum Gasteiger partial charge on any atom is 0.403 e. The molecule has 0 aromatic carbocycles. The molecular weight excluding hydrogens is 329 g/mol. The molecule has 1 aromatic rings. The minimum atomic E-state index is -1.09. The molecule has 0 amide bonds. The van der Waals surface area contributed by atoms with E-state index in [4.69, 9.17) is 34.0 Å². The van der Waals surface area contributed by atoms with Gasteiger partial charge in [0.1, 0.15) is 0 Å². The highest BCUT2D eigenvalue weighted by Crippen LogP contribution is 2.22. The zero-order chi connectivity index (χ0) is 15.7. The summed E-state index contributed by atoms with van der Waals surface area (Å²) in [5.74, 6) is -1.47. The Bertz CT molecular complexity index is 477. The van der Waals surface area contributed by atoms with Gasteiger partial charge >= 0.3 is 11.4 Å². The molecule has 1 unspecified atom stereocenters. The summed E-state index contributed by atoms with van der Waals surface area (Å²) in [6.07, 6.45) is -0.367. The number of hydrogen-bond acceptors (Lipinski definition) is 6. The Morgan fingerprint density at radius 3 is 2.35 bits per heavy atom. The molecule has 0 radical (unpaired) electrons. The highest BCUT2D eigenvalue weighted by Gasteiger charge is 2.19. The van der Waals surface area contributed by atoms with E-state index in [9.17, 15) is 14.4 Å². The first kappa shape index (κ1) is 18.9. The normalized spacial score (nSPS) is 11.0. The lowest BCUT2D eigenvalue weighted by Crippen LogP contribution is -2.32. The molecule has 6 nitrogen and oxygen atoms in total. The van der Waals surface area contributed by atoms with Crippen molar-refractivity contribution in [2.24, 2.45) is 5.73 Å². The average molecular weight is 342 g/mol. The number of ketones is 1. The van der Waals surface area contributed by atoms with Crippen LogP contribution in [-0.2, 0) is 9.53 Å². The third kappa shape index (κ3) is 8.11. The predicted molar refractivity (Wildman–Crippen MR) is 76.8 cm³/mol. The largest absolute Gasteiger partial charge is 0.481 e. The Kier molecular flexibility index (Phi) is 9.15. The third-order valence-corrected chi connectivity index (χ3v) is 3.16. The van der Waals surface area contributed by atoms with Gasteiger partial charge in [0.2, 0.25) is 0 Å². The molecule has 20 heavy (non-hydrogen) atoms. The summed E-state index contributed by atoms with van der Waals surface area (Å²) in [4.78, 5) is 31.7. The molecule has 0 saturated carbocycles. The van der Waals surface area contributed by atoms with Gasteiger partial charge in [-0.25, -0.2) is 4.79 Å². The van der Waals surface area contributed by atoms with Crippen molar-refractivity contribution < 1.29 is 24.2 Å². The van der Waals surface area contributed by atoms with Gasteiger partial charge in [-0.3, -0.25) is 9.59 Å². The van der Waals surface area contributed by atoms with Crippen LogP contribution in [0.4, 0.5) is 4.79 Å². The minimum absolute atomic E-state index is 0.350. The second-order valence-corrected chi connectivity index (χ2v) is 5.37. The SMILES string of the molecule is CCOC(=O)Cl.NC(CC(=O)O)C(=O)c1ccc(Cl)s1. The number of carbonyl (C=O) groups excluding carboxylic acids is 2. The first-order chi connectivity index (χ1) is 9.27.